The maximum absolute atomic E-state index is 3.43. The van der Waals surface area contributed by atoms with Crippen LogP contribution in [-0.4, -0.2) is 13.1 Å². The lowest BCUT2D eigenvalue weighted by Gasteiger charge is -2.18. The van der Waals surface area contributed by atoms with E-state index in [2.05, 4.69) is 57.4 Å². The highest BCUT2D eigenvalue weighted by molar-refractivity contribution is 5.26. The van der Waals surface area contributed by atoms with Crippen LogP contribution in [0.5, 0.6) is 0 Å². The van der Waals surface area contributed by atoms with Gasteiger partial charge in [0.15, 0.2) is 0 Å². The van der Waals surface area contributed by atoms with Crippen LogP contribution in [0.3, 0.4) is 0 Å². The van der Waals surface area contributed by atoms with E-state index in [9.17, 15) is 0 Å². The van der Waals surface area contributed by atoms with E-state index in [1.165, 1.54) is 24.0 Å². The molecule has 0 saturated carbocycles. The Morgan fingerprint density at radius 1 is 1.12 bits per heavy atom. The fourth-order valence-corrected chi connectivity index (χ4v) is 1.99. The molecule has 1 heteroatoms. The van der Waals surface area contributed by atoms with Crippen molar-refractivity contribution in [2.24, 2.45) is 5.92 Å². The van der Waals surface area contributed by atoms with Crippen LogP contribution in [-0.2, 0) is 6.42 Å². The van der Waals surface area contributed by atoms with Crippen LogP contribution in [0.1, 0.15) is 37.8 Å². The molecule has 1 N–H and O–H groups in total. The van der Waals surface area contributed by atoms with E-state index in [0.717, 1.165) is 12.3 Å². The predicted molar refractivity (Wildman–Crippen MR) is 71.8 cm³/mol. The fraction of sp³-hybridized carbons (Fsp3) is 0.600. The molecule has 1 nitrogen and oxygen atoms in total. The Kier molecular flexibility index (Phi) is 5.54. The van der Waals surface area contributed by atoms with Crippen molar-refractivity contribution in [1.29, 1.82) is 0 Å². The molecule has 0 bridgehead atoms. The van der Waals surface area contributed by atoms with E-state index in [-0.39, 0.29) is 0 Å². The van der Waals surface area contributed by atoms with Gasteiger partial charge in [-0.25, -0.2) is 0 Å². The molecule has 0 spiro atoms. The number of hydrogen-bond donors (Lipinski definition) is 1. The third kappa shape index (κ3) is 4.36. The molecule has 0 fully saturated rings. The summed E-state index contributed by atoms with van der Waals surface area (Å²) in [5, 5.41) is 3.43. The lowest BCUT2D eigenvalue weighted by molar-refractivity contribution is 0.450. The van der Waals surface area contributed by atoms with E-state index in [0.29, 0.717) is 6.04 Å². The molecule has 1 aromatic rings. The fourth-order valence-electron chi connectivity index (χ4n) is 1.99. The van der Waals surface area contributed by atoms with Crippen molar-refractivity contribution in [3.05, 3.63) is 35.4 Å². The summed E-state index contributed by atoms with van der Waals surface area (Å²) >= 11 is 0. The second kappa shape index (κ2) is 6.70. The highest BCUT2D eigenvalue weighted by Gasteiger charge is 2.09. The molecule has 1 unspecified atom stereocenters. The molecule has 1 atom stereocenters. The molecule has 0 saturated heterocycles. The van der Waals surface area contributed by atoms with Crippen LogP contribution in [0.4, 0.5) is 0 Å². The quantitative estimate of drug-likeness (QED) is 0.771. The van der Waals surface area contributed by atoms with Gasteiger partial charge in [-0.15, -0.1) is 0 Å². The zero-order valence-corrected chi connectivity index (χ0v) is 11.1. The molecule has 0 radical (unpaired) electrons. The minimum atomic E-state index is 0.614. The minimum Gasteiger partial charge on any atom is -0.317 e. The molecular weight excluding hydrogens is 194 g/mol. The lowest BCUT2D eigenvalue weighted by atomic mass is 9.96. The van der Waals surface area contributed by atoms with E-state index < -0.39 is 0 Å². The topological polar surface area (TPSA) is 12.0 Å². The maximum Gasteiger partial charge on any atom is 0.0105 e. The summed E-state index contributed by atoms with van der Waals surface area (Å²) in [6.45, 7) is 6.78. The van der Waals surface area contributed by atoms with Gasteiger partial charge >= 0.3 is 0 Å². The molecular formula is C15H25N. The Morgan fingerprint density at radius 3 is 2.38 bits per heavy atom. The molecule has 16 heavy (non-hydrogen) atoms. The Balaban J connectivity index is 2.53. The highest BCUT2D eigenvalue weighted by Crippen LogP contribution is 2.14. The van der Waals surface area contributed by atoms with Crippen molar-refractivity contribution >= 4 is 0 Å². The van der Waals surface area contributed by atoms with Gasteiger partial charge in [-0.2, -0.15) is 0 Å². The van der Waals surface area contributed by atoms with Crippen molar-refractivity contribution in [1.82, 2.24) is 5.32 Å². The van der Waals surface area contributed by atoms with Crippen molar-refractivity contribution in [3.63, 3.8) is 0 Å². The number of aryl methyl sites for hydroxylation is 1. The van der Waals surface area contributed by atoms with E-state index >= 15 is 0 Å². The number of hydrogen-bond acceptors (Lipinski definition) is 1. The SMILES string of the molecule is CNC(CCC(C)C)Cc1ccccc1C. The van der Waals surface area contributed by atoms with E-state index in [4.69, 9.17) is 0 Å². The molecule has 0 aliphatic carbocycles. The van der Waals surface area contributed by atoms with Crippen molar-refractivity contribution in [2.45, 2.75) is 46.1 Å². The average molecular weight is 219 g/mol. The normalized spacial score (nSPS) is 13.1. The van der Waals surface area contributed by atoms with Crippen LogP contribution >= 0.6 is 0 Å². The van der Waals surface area contributed by atoms with Gasteiger partial charge in [0.25, 0.3) is 0 Å². The van der Waals surface area contributed by atoms with Gasteiger partial charge in [0.05, 0.1) is 0 Å². The zero-order chi connectivity index (χ0) is 12.0. The average Bonchev–Trinajstić information content (AvgIpc) is 2.26. The van der Waals surface area contributed by atoms with Crippen LogP contribution in [0.2, 0.25) is 0 Å². The maximum atomic E-state index is 3.43. The summed E-state index contributed by atoms with van der Waals surface area (Å²) in [4.78, 5) is 0. The van der Waals surface area contributed by atoms with Gasteiger partial charge < -0.3 is 5.32 Å². The van der Waals surface area contributed by atoms with Crippen molar-refractivity contribution in [2.75, 3.05) is 7.05 Å². The van der Waals surface area contributed by atoms with Crippen LogP contribution in [0.15, 0.2) is 24.3 Å². The summed E-state index contributed by atoms with van der Waals surface area (Å²) in [6, 6.07) is 9.31. The van der Waals surface area contributed by atoms with Gasteiger partial charge in [0.2, 0.25) is 0 Å². The Morgan fingerprint density at radius 2 is 1.81 bits per heavy atom. The third-order valence-electron chi connectivity index (χ3n) is 3.23. The first-order chi connectivity index (χ1) is 7.63. The molecule has 0 amide bonds. The summed E-state index contributed by atoms with van der Waals surface area (Å²) < 4.78 is 0. The van der Waals surface area contributed by atoms with Crippen LogP contribution in [0, 0.1) is 12.8 Å². The lowest BCUT2D eigenvalue weighted by Crippen LogP contribution is -2.28. The second-order valence-corrected chi connectivity index (χ2v) is 5.09. The summed E-state index contributed by atoms with van der Waals surface area (Å²) in [6.07, 6.45) is 3.72. The first-order valence-corrected chi connectivity index (χ1v) is 6.35. The first kappa shape index (κ1) is 13.2. The minimum absolute atomic E-state index is 0.614. The summed E-state index contributed by atoms with van der Waals surface area (Å²) in [5.74, 6) is 0.799. The molecule has 90 valence electrons. The molecule has 1 rings (SSSR count). The van der Waals surface area contributed by atoms with Gasteiger partial charge in [-0.05, 0) is 50.3 Å². The van der Waals surface area contributed by atoms with Crippen LogP contribution in [0.25, 0.3) is 0 Å². The monoisotopic (exact) mass is 219 g/mol. The first-order valence-electron chi connectivity index (χ1n) is 6.35. The Hall–Kier alpha value is -0.820. The number of benzene rings is 1. The standard InChI is InChI=1S/C15H25N/c1-12(2)9-10-15(16-4)11-14-8-6-5-7-13(14)3/h5-8,12,15-16H,9-11H2,1-4H3. The highest BCUT2D eigenvalue weighted by atomic mass is 14.9. The largest absolute Gasteiger partial charge is 0.317 e. The molecule has 0 aromatic heterocycles. The Bertz CT molecular complexity index is 304. The number of rotatable bonds is 6. The number of likely N-dealkylation sites (N-methyl/N-ethyl adjacent to an activating group) is 1. The summed E-state index contributed by atoms with van der Waals surface area (Å²) in [7, 11) is 2.07. The Labute approximate surface area is 100 Å². The van der Waals surface area contributed by atoms with Gasteiger partial charge in [-0.3, -0.25) is 0 Å². The van der Waals surface area contributed by atoms with Crippen LogP contribution < -0.4 is 5.32 Å². The third-order valence-corrected chi connectivity index (χ3v) is 3.23. The van der Waals surface area contributed by atoms with Crippen molar-refractivity contribution in [3.8, 4) is 0 Å². The number of nitrogens with one attached hydrogen (secondary N) is 1. The predicted octanol–water partition coefficient (Wildman–Crippen LogP) is 3.56. The second-order valence-electron chi connectivity index (χ2n) is 5.09. The van der Waals surface area contributed by atoms with E-state index in [1.54, 1.807) is 0 Å². The molecule has 0 heterocycles. The van der Waals surface area contributed by atoms with Crippen molar-refractivity contribution < 1.29 is 0 Å². The van der Waals surface area contributed by atoms with Gasteiger partial charge in [0, 0.05) is 6.04 Å². The van der Waals surface area contributed by atoms with Gasteiger partial charge in [-0.1, -0.05) is 38.1 Å². The molecule has 1 aromatic carbocycles. The molecule has 0 aliphatic rings. The summed E-state index contributed by atoms with van der Waals surface area (Å²) in [5.41, 5.74) is 2.89. The zero-order valence-electron chi connectivity index (χ0n) is 11.1. The van der Waals surface area contributed by atoms with E-state index in [1.807, 2.05) is 0 Å². The van der Waals surface area contributed by atoms with Gasteiger partial charge in [0.1, 0.15) is 0 Å². The smallest absolute Gasteiger partial charge is 0.0105 e. The molecule has 0 aliphatic heterocycles.